The van der Waals surface area contributed by atoms with Gasteiger partial charge in [0.1, 0.15) is 5.52 Å². The Kier molecular flexibility index (Phi) is 3.60. The fourth-order valence-electron chi connectivity index (χ4n) is 2.17. The highest BCUT2D eigenvalue weighted by atomic mass is 16.5. The van der Waals surface area contributed by atoms with Crippen molar-refractivity contribution in [2.24, 2.45) is 13.0 Å². The van der Waals surface area contributed by atoms with Crippen LogP contribution in [0.15, 0.2) is 12.3 Å². The van der Waals surface area contributed by atoms with Crippen molar-refractivity contribution in [1.29, 1.82) is 0 Å². The molecule has 0 radical (unpaired) electrons. The fraction of sp³-hybridized carbons (Fsp3) is 0.533. The molecule has 0 saturated heterocycles. The zero-order valence-electron chi connectivity index (χ0n) is 11.9. The normalized spacial score (nSPS) is 11.4. The van der Waals surface area contributed by atoms with Gasteiger partial charge in [-0.3, -0.25) is 0 Å². The van der Waals surface area contributed by atoms with Crippen molar-refractivity contribution in [2.75, 3.05) is 6.61 Å². The van der Waals surface area contributed by atoms with E-state index in [9.17, 15) is 0 Å². The predicted octanol–water partition coefficient (Wildman–Crippen LogP) is 3.62. The van der Waals surface area contributed by atoms with Crippen molar-refractivity contribution < 1.29 is 4.74 Å². The molecule has 0 bridgehead atoms. The number of rotatable bonds is 4. The molecular weight excluding hydrogens is 224 g/mol. The van der Waals surface area contributed by atoms with E-state index >= 15 is 0 Å². The van der Waals surface area contributed by atoms with E-state index in [1.807, 2.05) is 6.20 Å². The maximum Gasteiger partial charge on any atom is 0.238 e. The minimum absolute atomic E-state index is 0.654. The Hall–Kier alpha value is -1.51. The third-order valence-electron chi connectivity index (χ3n) is 3.61. The molecule has 2 aromatic rings. The van der Waals surface area contributed by atoms with Crippen molar-refractivity contribution in [2.45, 2.75) is 34.1 Å². The van der Waals surface area contributed by atoms with Crippen LogP contribution in [0.4, 0.5) is 0 Å². The molecule has 3 heteroatoms. The minimum Gasteiger partial charge on any atom is -0.476 e. The molecule has 0 N–H and O–H groups in total. The van der Waals surface area contributed by atoms with Crippen LogP contribution in [-0.2, 0) is 7.05 Å². The van der Waals surface area contributed by atoms with Gasteiger partial charge in [-0.1, -0.05) is 13.8 Å². The molecule has 0 fully saturated rings. The summed E-state index contributed by atoms with van der Waals surface area (Å²) in [6.07, 6.45) is 2.89. The Morgan fingerprint density at radius 2 is 2.06 bits per heavy atom. The van der Waals surface area contributed by atoms with Gasteiger partial charge in [-0.2, -0.15) is 0 Å². The number of hydrogen-bond donors (Lipinski definition) is 0. The van der Waals surface area contributed by atoms with Crippen LogP contribution >= 0.6 is 0 Å². The third kappa shape index (κ3) is 2.22. The molecule has 0 aliphatic heterocycles. The zero-order valence-corrected chi connectivity index (χ0v) is 11.9. The quantitative estimate of drug-likeness (QED) is 0.824. The van der Waals surface area contributed by atoms with Gasteiger partial charge in [0.25, 0.3) is 0 Å². The number of aryl methyl sites for hydroxylation is 2. The topological polar surface area (TPSA) is 27.1 Å². The van der Waals surface area contributed by atoms with Crippen molar-refractivity contribution in [3.63, 3.8) is 0 Å². The predicted molar refractivity (Wildman–Crippen MR) is 75.1 cm³/mol. The Balaban J connectivity index is 2.36. The highest BCUT2D eigenvalue weighted by Gasteiger charge is 2.13. The van der Waals surface area contributed by atoms with Crippen LogP contribution in [0.5, 0.6) is 5.88 Å². The summed E-state index contributed by atoms with van der Waals surface area (Å²) >= 11 is 0. The molecule has 18 heavy (non-hydrogen) atoms. The van der Waals surface area contributed by atoms with Gasteiger partial charge in [-0.25, -0.2) is 4.98 Å². The zero-order chi connectivity index (χ0) is 13.3. The Bertz CT molecular complexity index is 555. The summed E-state index contributed by atoms with van der Waals surface area (Å²) < 4.78 is 8.02. The van der Waals surface area contributed by atoms with E-state index in [1.165, 1.54) is 16.6 Å². The first kappa shape index (κ1) is 12.9. The summed E-state index contributed by atoms with van der Waals surface area (Å²) in [5.41, 5.74) is 3.69. The molecule has 0 atom stereocenters. The lowest BCUT2D eigenvalue weighted by molar-refractivity contribution is 0.282. The van der Waals surface area contributed by atoms with Gasteiger partial charge in [0.15, 0.2) is 0 Å². The van der Waals surface area contributed by atoms with Gasteiger partial charge >= 0.3 is 0 Å². The lowest BCUT2D eigenvalue weighted by atomic mass is 10.1. The van der Waals surface area contributed by atoms with Crippen LogP contribution in [0.3, 0.4) is 0 Å². The summed E-state index contributed by atoms with van der Waals surface area (Å²) in [4.78, 5) is 4.38. The molecule has 0 spiro atoms. The van der Waals surface area contributed by atoms with Crippen LogP contribution in [0.25, 0.3) is 10.9 Å². The van der Waals surface area contributed by atoms with Crippen LogP contribution in [0, 0.1) is 19.8 Å². The third-order valence-corrected chi connectivity index (χ3v) is 3.61. The van der Waals surface area contributed by atoms with E-state index < -0.39 is 0 Å². The summed E-state index contributed by atoms with van der Waals surface area (Å²) in [6, 6.07) is 2.06. The lowest BCUT2D eigenvalue weighted by Gasteiger charge is -2.09. The molecule has 98 valence electrons. The van der Waals surface area contributed by atoms with Crippen molar-refractivity contribution in [3.05, 3.63) is 23.5 Å². The number of hydrogen-bond acceptors (Lipinski definition) is 2. The first-order valence-corrected chi connectivity index (χ1v) is 6.55. The van der Waals surface area contributed by atoms with Gasteiger partial charge < -0.3 is 9.30 Å². The highest BCUT2D eigenvalue weighted by molar-refractivity contribution is 5.88. The van der Waals surface area contributed by atoms with Gasteiger partial charge in [0.05, 0.1) is 6.61 Å². The van der Waals surface area contributed by atoms with Crippen LogP contribution in [0.2, 0.25) is 0 Å². The van der Waals surface area contributed by atoms with Crippen LogP contribution in [0.1, 0.15) is 31.5 Å². The van der Waals surface area contributed by atoms with Crippen LogP contribution < -0.4 is 4.74 Å². The van der Waals surface area contributed by atoms with E-state index in [0.717, 1.165) is 24.4 Å². The number of ether oxygens (including phenoxy) is 1. The molecule has 3 nitrogen and oxygen atoms in total. The summed E-state index contributed by atoms with van der Waals surface area (Å²) in [6.45, 7) is 9.41. The van der Waals surface area contributed by atoms with E-state index in [-0.39, 0.29) is 0 Å². The first-order valence-electron chi connectivity index (χ1n) is 6.55. The van der Waals surface area contributed by atoms with Crippen molar-refractivity contribution in [1.82, 2.24) is 9.55 Å². The second-order valence-corrected chi connectivity index (χ2v) is 5.31. The standard InChI is InChI=1S/C15H22N2O/c1-10(2)7-9-18-15-14-13(6-8-16-15)11(3)12(4)17(14)5/h6,8,10H,7,9H2,1-5H3. The molecule has 0 aromatic carbocycles. The van der Waals surface area contributed by atoms with Crippen molar-refractivity contribution >= 4 is 10.9 Å². The lowest BCUT2D eigenvalue weighted by Crippen LogP contribution is -2.04. The Morgan fingerprint density at radius 1 is 1.33 bits per heavy atom. The minimum atomic E-state index is 0.654. The van der Waals surface area contributed by atoms with Crippen molar-refractivity contribution in [3.8, 4) is 5.88 Å². The Labute approximate surface area is 109 Å². The van der Waals surface area contributed by atoms with Gasteiger partial charge in [-0.15, -0.1) is 0 Å². The number of nitrogens with zero attached hydrogens (tertiary/aromatic N) is 2. The van der Waals surface area contributed by atoms with Crippen LogP contribution in [-0.4, -0.2) is 16.2 Å². The fourth-order valence-corrected chi connectivity index (χ4v) is 2.17. The molecule has 2 heterocycles. The van der Waals surface area contributed by atoms with E-state index in [2.05, 4.69) is 50.4 Å². The summed E-state index contributed by atoms with van der Waals surface area (Å²) in [5.74, 6) is 1.41. The van der Waals surface area contributed by atoms with Gasteiger partial charge in [-0.05, 0) is 37.8 Å². The number of fused-ring (bicyclic) bond motifs is 1. The smallest absolute Gasteiger partial charge is 0.238 e. The van der Waals surface area contributed by atoms with E-state index in [1.54, 1.807) is 0 Å². The molecular formula is C15H22N2O. The van der Waals surface area contributed by atoms with Gasteiger partial charge in [0.2, 0.25) is 5.88 Å². The number of aromatic nitrogens is 2. The second-order valence-electron chi connectivity index (χ2n) is 5.31. The molecule has 2 rings (SSSR count). The molecule has 0 unspecified atom stereocenters. The maximum atomic E-state index is 5.85. The SMILES string of the molecule is Cc1c(C)n(C)c2c(OCCC(C)C)nccc12. The molecule has 0 aliphatic carbocycles. The Morgan fingerprint density at radius 3 is 2.72 bits per heavy atom. The molecule has 0 aliphatic rings. The van der Waals surface area contributed by atoms with Gasteiger partial charge in [0, 0.05) is 24.3 Å². The highest BCUT2D eigenvalue weighted by Crippen LogP contribution is 2.29. The van der Waals surface area contributed by atoms with E-state index in [4.69, 9.17) is 4.74 Å². The summed E-state index contributed by atoms with van der Waals surface area (Å²) in [7, 11) is 2.07. The molecule has 2 aromatic heterocycles. The van der Waals surface area contributed by atoms with E-state index in [0.29, 0.717) is 5.92 Å². The average Bonchev–Trinajstić information content (AvgIpc) is 2.55. The first-order chi connectivity index (χ1) is 8.52. The second kappa shape index (κ2) is 5.01. The largest absolute Gasteiger partial charge is 0.476 e. The number of pyridine rings is 1. The summed E-state index contributed by atoms with van der Waals surface area (Å²) in [5, 5.41) is 1.24. The maximum absolute atomic E-state index is 5.85. The molecule has 0 saturated carbocycles. The molecule has 0 amide bonds. The monoisotopic (exact) mass is 246 g/mol. The average molecular weight is 246 g/mol.